The normalized spacial score (nSPS) is 46.3. The first-order chi connectivity index (χ1) is 34.6. The molecular formula is C29H88O30Si18. The van der Waals surface area contributed by atoms with Crippen molar-refractivity contribution in [2.45, 2.75) is 131 Å². The van der Waals surface area contributed by atoms with Gasteiger partial charge in [0.1, 0.15) is 0 Å². The Morgan fingerprint density at radius 3 is 0.935 bits per heavy atom. The molecule has 0 saturated carbocycles. The highest BCUT2D eigenvalue weighted by atomic mass is 28.6. The predicted octanol–water partition coefficient (Wildman–Crippen LogP) is 3.99. The largest absolute Gasteiger partial charge is 0.489 e. The zero-order valence-electron chi connectivity index (χ0n) is 50.3. The van der Waals surface area contributed by atoms with Crippen LogP contribution in [0.15, 0.2) is 0 Å². The van der Waals surface area contributed by atoms with E-state index in [2.05, 4.69) is 0 Å². The zero-order valence-corrected chi connectivity index (χ0v) is 68.5. The smallest absolute Gasteiger partial charge is 0.416 e. The van der Waals surface area contributed by atoms with Gasteiger partial charge in [0.15, 0.2) is 0 Å². The summed E-state index contributed by atoms with van der Waals surface area (Å²) in [4.78, 5) is 0. The molecule has 4 saturated heterocycles. The summed E-state index contributed by atoms with van der Waals surface area (Å²) < 4.78 is 204. The molecule has 456 valence electrons. The zero-order chi connectivity index (χ0) is 59.3. The molecule has 77 heavy (non-hydrogen) atoms. The van der Waals surface area contributed by atoms with Gasteiger partial charge in [-0.1, -0.05) is 0 Å². The Hall–Kier alpha value is 2.70. The molecule has 4 aliphatic heterocycles. The molecule has 0 aromatic heterocycles. The predicted molar refractivity (Wildman–Crippen MR) is 308 cm³/mol. The molecular weight excluding hydrogens is 1330 g/mol. The van der Waals surface area contributed by atoms with Crippen molar-refractivity contribution >= 4 is 158 Å². The first kappa shape index (κ1) is 72.2. The SMILES string of the molecule is CO[Si](C)(C)O[Si@]1(C)O[Si@]2(C)O[Si](C)(C)O[Si](C)(C)O[Si@](C)(OC)O[Si@]3(C)O[Si@](C)(OC)O[Si@](C)(O[Si](C)(OC)OC)O[Si@]4(C)O[Si@](C)(OC)O[Si@](C)(OC)O[Si@](C)(OC)O[SiH](O[Si@@](C)(O4)O[Si@](C)(O2)O3)O[Si@](C)(OC)O1. The van der Waals surface area contributed by atoms with E-state index < -0.39 is 158 Å². The number of fused-ring (bicyclic) bond motifs is 4. The molecule has 4 heterocycles. The number of rotatable bonds is 13. The minimum Gasteiger partial charge on any atom is -0.416 e. The second-order valence-electron chi connectivity index (χ2n) is 20.6. The Bertz CT molecular complexity index is 2010. The Morgan fingerprint density at radius 1 is 0.260 bits per heavy atom. The molecule has 48 heteroatoms. The van der Waals surface area contributed by atoms with Gasteiger partial charge in [0.05, 0.1) is 0 Å². The summed E-state index contributed by atoms with van der Waals surface area (Å²) in [5, 5.41) is 0. The summed E-state index contributed by atoms with van der Waals surface area (Å²) >= 11 is 0. The van der Waals surface area contributed by atoms with E-state index in [-0.39, 0.29) is 0 Å². The molecule has 0 aromatic carbocycles. The van der Waals surface area contributed by atoms with Crippen molar-refractivity contribution in [3.63, 3.8) is 0 Å². The number of hydrogen-bond donors (Lipinski definition) is 0. The molecule has 0 radical (unpaired) electrons. The molecule has 0 spiro atoms. The fourth-order valence-electron chi connectivity index (χ4n) is 8.58. The fraction of sp³-hybridized carbons (Fsp3) is 1.00. The summed E-state index contributed by atoms with van der Waals surface area (Å²) in [6.45, 7) is 33.5. The maximum atomic E-state index is 7.47. The van der Waals surface area contributed by atoms with Crippen LogP contribution in [0.2, 0.25) is 131 Å². The Balaban J connectivity index is 2.34. The van der Waals surface area contributed by atoms with Gasteiger partial charge in [0, 0.05) is 156 Å². The minimum atomic E-state index is -4.86. The average Bonchev–Trinajstić information content (AvgIpc) is 3.21. The summed E-state index contributed by atoms with van der Waals surface area (Å²) in [6.07, 6.45) is 0. The fourth-order valence-corrected chi connectivity index (χ4v) is 89.1. The standard InChI is InChI=1S/C29H88O30Si18/c1-30-61(10,11)43-72(24)48-66(18,34-5)40-60-39-65(17,33-4)47-68(20,36-7)49-69(21,37-8)51-76(28)54-71(23,41-60)55-77(29)57-73(25,56-72)45-63(14,15)42-62(12,13)44-67(19,35-6)50-75(27,59-77)53-70(22,38-9)52-74(26,58-76)46-64(16,31-2)32-3/h60H,1-29H3/t60?,65-,66+,67+,68-,69-,70-,71+,72+,73+,74+,75-,76-,77-/m1/s1. The van der Waals surface area contributed by atoms with Gasteiger partial charge < -0.3 is 126 Å². The van der Waals surface area contributed by atoms with Gasteiger partial charge in [-0.3, -0.25) is 0 Å². The van der Waals surface area contributed by atoms with Gasteiger partial charge in [-0.15, -0.1) is 0 Å². The van der Waals surface area contributed by atoms with Crippen LogP contribution in [-0.4, -0.2) is 222 Å². The van der Waals surface area contributed by atoms with Crippen LogP contribution in [0.25, 0.3) is 0 Å². The lowest BCUT2D eigenvalue weighted by Gasteiger charge is -2.52. The van der Waals surface area contributed by atoms with E-state index in [4.69, 9.17) is 126 Å². The molecule has 4 aliphatic rings. The average molecular weight is 1420 g/mol. The monoisotopic (exact) mass is 1420 g/mol. The summed E-state index contributed by atoms with van der Waals surface area (Å²) in [7, 11) is -62.1. The molecule has 0 amide bonds. The van der Waals surface area contributed by atoms with Crippen molar-refractivity contribution in [2.24, 2.45) is 0 Å². The van der Waals surface area contributed by atoms with Crippen LogP contribution < -0.4 is 0 Å². The van der Waals surface area contributed by atoms with Gasteiger partial charge in [-0.2, -0.15) is 0 Å². The highest BCUT2D eigenvalue weighted by Crippen LogP contribution is 2.42. The van der Waals surface area contributed by atoms with E-state index in [9.17, 15) is 0 Å². The van der Waals surface area contributed by atoms with Crippen LogP contribution in [-0.2, 0) is 126 Å². The molecule has 4 rings (SSSR count). The van der Waals surface area contributed by atoms with E-state index in [1.807, 2.05) is 39.3 Å². The lowest BCUT2D eigenvalue weighted by molar-refractivity contribution is 0.0376. The molecule has 0 aliphatic carbocycles. The lowest BCUT2D eigenvalue weighted by atomic mass is 11.8. The van der Waals surface area contributed by atoms with E-state index in [1.54, 1.807) is 91.7 Å². The highest BCUT2D eigenvalue weighted by Gasteiger charge is 2.72. The molecule has 4 fully saturated rings. The summed E-state index contributed by atoms with van der Waals surface area (Å²) in [5.74, 6) is 0. The van der Waals surface area contributed by atoms with E-state index in [0.29, 0.717) is 0 Å². The van der Waals surface area contributed by atoms with E-state index in [0.717, 1.165) is 0 Å². The molecule has 14 atom stereocenters. The highest BCUT2D eigenvalue weighted by molar-refractivity contribution is 6.98. The third-order valence-corrected chi connectivity index (χ3v) is 81.5. The van der Waals surface area contributed by atoms with Crippen molar-refractivity contribution in [1.29, 1.82) is 0 Å². The van der Waals surface area contributed by atoms with Crippen LogP contribution >= 0.6 is 0 Å². The molecule has 1 unspecified atom stereocenters. The second-order valence-corrected chi connectivity index (χ2v) is 74.9. The quantitative estimate of drug-likeness (QED) is 0.236. The van der Waals surface area contributed by atoms with Crippen LogP contribution in [0.1, 0.15) is 0 Å². The Kier molecular flexibility index (Phi) is 23.5. The van der Waals surface area contributed by atoms with Gasteiger partial charge in [0.25, 0.3) is 0 Å². The van der Waals surface area contributed by atoms with E-state index in [1.165, 1.54) is 64.0 Å². The van der Waals surface area contributed by atoms with Gasteiger partial charge in [-0.05, 0) is 39.3 Å². The molecule has 0 N–H and O–H groups in total. The first-order valence-corrected chi connectivity index (χ1v) is 65.2. The Morgan fingerprint density at radius 2 is 0.545 bits per heavy atom. The van der Waals surface area contributed by atoms with E-state index >= 15 is 0 Å². The summed E-state index contributed by atoms with van der Waals surface area (Å²) in [6, 6.07) is 0. The molecule has 0 aromatic rings. The summed E-state index contributed by atoms with van der Waals surface area (Å²) in [5.41, 5.74) is 0. The van der Waals surface area contributed by atoms with Crippen molar-refractivity contribution in [2.75, 3.05) is 64.0 Å². The van der Waals surface area contributed by atoms with Crippen LogP contribution in [0.5, 0.6) is 0 Å². The Labute approximate surface area is 476 Å². The second kappa shape index (κ2) is 25.1. The molecule has 6 bridgehead atoms. The lowest BCUT2D eigenvalue weighted by Crippen LogP contribution is -2.77. The van der Waals surface area contributed by atoms with Gasteiger partial charge in [0.2, 0.25) is 0 Å². The maximum absolute atomic E-state index is 7.47. The third kappa shape index (κ3) is 19.9. The molecule has 30 nitrogen and oxygen atoms in total. The van der Waals surface area contributed by atoms with Crippen LogP contribution in [0, 0.1) is 0 Å². The third-order valence-electron chi connectivity index (χ3n) is 11.4. The number of hydrogen-bond acceptors (Lipinski definition) is 30. The minimum absolute atomic E-state index is 1.39. The van der Waals surface area contributed by atoms with Crippen LogP contribution in [0.4, 0.5) is 0 Å². The maximum Gasteiger partial charge on any atom is 0.489 e. The van der Waals surface area contributed by atoms with Crippen molar-refractivity contribution in [1.82, 2.24) is 0 Å². The van der Waals surface area contributed by atoms with Crippen LogP contribution in [0.3, 0.4) is 0 Å². The van der Waals surface area contributed by atoms with Gasteiger partial charge >= 0.3 is 158 Å². The first-order valence-electron chi connectivity index (χ1n) is 24.2. The van der Waals surface area contributed by atoms with Gasteiger partial charge in [-0.25, -0.2) is 0 Å². The van der Waals surface area contributed by atoms with Crippen molar-refractivity contribution in [3.8, 4) is 0 Å². The van der Waals surface area contributed by atoms with Crippen molar-refractivity contribution in [3.05, 3.63) is 0 Å². The van der Waals surface area contributed by atoms with Crippen molar-refractivity contribution < 1.29 is 126 Å². The topological polar surface area (TPSA) is 277 Å².